The Morgan fingerprint density at radius 3 is 2.65 bits per heavy atom. The minimum atomic E-state index is -0.455. The van der Waals surface area contributed by atoms with Crippen molar-refractivity contribution < 1.29 is 19.1 Å². The summed E-state index contributed by atoms with van der Waals surface area (Å²) in [6.07, 6.45) is 1.26. The van der Waals surface area contributed by atoms with Gasteiger partial charge in [-0.25, -0.2) is 14.8 Å². The number of cyclic esters (lactones) is 1. The summed E-state index contributed by atoms with van der Waals surface area (Å²) < 4.78 is 10.5. The van der Waals surface area contributed by atoms with E-state index in [1.165, 1.54) is 0 Å². The monoisotopic (exact) mass is 455 g/mol. The van der Waals surface area contributed by atoms with Crippen LogP contribution < -0.4 is 5.32 Å². The summed E-state index contributed by atoms with van der Waals surface area (Å²) in [6.45, 7) is 2.55. The number of hydrogen-bond donors (Lipinski definition) is 2. The molecule has 0 unspecified atom stereocenters. The molecule has 2 aromatic heterocycles. The standard InChI is InChI=1S/C25H21N5O4/c31-24(30-10-12-33-13-11-30)16-6-4-15(5-7-16)22-28-21-18(8-9-26-23(21)29-22)17-2-1-3-20-19(17)14-34-25(32)27-20/h1-9H,10-14H2,(H,27,32)(H,26,28,29). The van der Waals surface area contributed by atoms with Gasteiger partial charge in [0.1, 0.15) is 12.4 Å². The Kier molecular flexibility index (Phi) is 4.96. The number of imidazole rings is 1. The number of rotatable bonds is 3. The molecule has 170 valence electrons. The maximum Gasteiger partial charge on any atom is 0.411 e. The third-order valence-electron chi connectivity index (χ3n) is 6.15. The Labute approximate surface area is 194 Å². The molecule has 0 atom stereocenters. The maximum absolute atomic E-state index is 12.7. The molecule has 9 heteroatoms. The van der Waals surface area contributed by atoms with Crippen molar-refractivity contribution in [2.75, 3.05) is 31.6 Å². The van der Waals surface area contributed by atoms with Crippen LogP contribution in [-0.4, -0.2) is 58.2 Å². The predicted octanol–water partition coefficient (Wildman–Crippen LogP) is 3.83. The maximum atomic E-state index is 12.7. The lowest BCUT2D eigenvalue weighted by Gasteiger charge is -2.26. The fourth-order valence-corrected chi connectivity index (χ4v) is 4.39. The first-order valence-corrected chi connectivity index (χ1v) is 11.1. The van der Waals surface area contributed by atoms with Gasteiger partial charge in [-0.3, -0.25) is 10.1 Å². The highest BCUT2D eigenvalue weighted by Crippen LogP contribution is 2.35. The number of amides is 2. The Morgan fingerprint density at radius 1 is 1.00 bits per heavy atom. The SMILES string of the molecule is O=C1Nc2cccc(-c3ccnc4nc(-c5ccc(C(=O)N6CCOCC6)cc5)[nH]c34)c2CO1. The summed E-state index contributed by atoms with van der Waals surface area (Å²) in [6, 6.07) is 15.1. The van der Waals surface area contributed by atoms with Crippen molar-refractivity contribution in [2.24, 2.45) is 0 Å². The van der Waals surface area contributed by atoms with E-state index in [1.54, 1.807) is 6.20 Å². The van der Waals surface area contributed by atoms with Crippen LogP contribution in [0.25, 0.3) is 33.7 Å². The molecule has 6 rings (SSSR count). The number of ether oxygens (including phenoxy) is 2. The number of hydrogen-bond acceptors (Lipinski definition) is 6. The predicted molar refractivity (Wildman–Crippen MR) is 125 cm³/mol. The second-order valence-electron chi connectivity index (χ2n) is 8.16. The van der Waals surface area contributed by atoms with Gasteiger partial charge in [-0.05, 0) is 29.8 Å². The molecule has 2 aromatic carbocycles. The molecule has 9 nitrogen and oxygen atoms in total. The third kappa shape index (κ3) is 3.56. The highest BCUT2D eigenvalue weighted by Gasteiger charge is 2.22. The molecule has 0 aliphatic carbocycles. The van der Waals surface area contributed by atoms with E-state index in [-0.39, 0.29) is 12.5 Å². The van der Waals surface area contributed by atoms with Gasteiger partial charge in [-0.1, -0.05) is 24.3 Å². The number of aromatic amines is 1. The average molecular weight is 455 g/mol. The largest absolute Gasteiger partial charge is 0.444 e. The highest BCUT2D eigenvalue weighted by molar-refractivity contribution is 5.97. The molecule has 2 aliphatic heterocycles. The van der Waals surface area contributed by atoms with Gasteiger partial charge in [0.15, 0.2) is 5.65 Å². The molecule has 2 aliphatic rings. The summed E-state index contributed by atoms with van der Waals surface area (Å²) in [4.78, 5) is 38.6. The summed E-state index contributed by atoms with van der Waals surface area (Å²) in [5.74, 6) is 0.668. The van der Waals surface area contributed by atoms with Crippen molar-refractivity contribution in [3.8, 4) is 22.5 Å². The van der Waals surface area contributed by atoms with Crippen molar-refractivity contribution in [3.05, 3.63) is 65.9 Å². The molecule has 34 heavy (non-hydrogen) atoms. The molecule has 1 fully saturated rings. The Hall–Kier alpha value is -4.24. The zero-order chi connectivity index (χ0) is 23.1. The lowest BCUT2D eigenvalue weighted by atomic mass is 9.98. The van der Waals surface area contributed by atoms with Crippen LogP contribution in [0.15, 0.2) is 54.7 Å². The van der Waals surface area contributed by atoms with Gasteiger partial charge in [-0.15, -0.1) is 0 Å². The number of H-pyrrole nitrogens is 1. The summed E-state index contributed by atoms with van der Waals surface area (Å²) >= 11 is 0. The first-order valence-electron chi connectivity index (χ1n) is 11.1. The van der Waals surface area contributed by atoms with Crippen LogP contribution in [0.3, 0.4) is 0 Å². The number of carbonyl (C=O) groups is 2. The van der Waals surface area contributed by atoms with Crippen LogP contribution in [0.1, 0.15) is 15.9 Å². The van der Waals surface area contributed by atoms with Gasteiger partial charge in [0.25, 0.3) is 5.91 Å². The van der Waals surface area contributed by atoms with Gasteiger partial charge in [-0.2, -0.15) is 0 Å². The summed E-state index contributed by atoms with van der Waals surface area (Å²) in [5, 5.41) is 2.75. The molecule has 1 saturated heterocycles. The minimum absolute atomic E-state index is 0.00608. The zero-order valence-corrected chi connectivity index (χ0v) is 18.2. The first-order chi connectivity index (χ1) is 16.7. The second-order valence-corrected chi connectivity index (χ2v) is 8.16. The van der Waals surface area contributed by atoms with Gasteiger partial charge < -0.3 is 19.4 Å². The molecule has 2 amide bonds. The van der Waals surface area contributed by atoms with Gasteiger partial charge in [0, 0.05) is 41.5 Å². The van der Waals surface area contributed by atoms with E-state index in [1.807, 2.05) is 53.4 Å². The molecule has 0 spiro atoms. The second kappa shape index (κ2) is 8.27. The molecule has 0 bridgehead atoms. The van der Waals surface area contributed by atoms with E-state index in [4.69, 9.17) is 9.47 Å². The van der Waals surface area contributed by atoms with Crippen molar-refractivity contribution in [1.82, 2.24) is 19.9 Å². The zero-order valence-electron chi connectivity index (χ0n) is 18.2. The first kappa shape index (κ1) is 20.4. The summed E-state index contributed by atoms with van der Waals surface area (Å²) in [5.41, 5.74) is 6.35. The van der Waals surface area contributed by atoms with E-state index in [0.717, 1.165) is 33.5 Å². The molecule has 2 N–H and O–H groups in total. The summed E-state index contributed by atoms with van der Waals surface area (Å²) in [7, 11) is 0. The van der Waals surface area contributed by atoms with E-state index in [9.17, 15) is 9.59 Å². The minimum Gasteiger partial charge on any atom is -0.444 e. The van der Waals surface area contributed by atoms with Gasteiger partial charge >= 0.3 is 6.09 Å². The third-order valence-corrected chi connectivity index (χ3v) is 6.15. The van der Waals surface area contributed by atoms with Crippen LogP contribution in [0, 0.1) is 0 Å². The number of fused-ring (bicyclic) bond motifs is 2. The van der Waals surface area contributed by atoms with Crippen LogP contribution in [0.2, 0.25) is 0 Å². The van der Waals surface area contributed by atoms with Crippen LogP contribution in [0.4, 0.5) is 10.5 Å². The van der Waals surface area contributed by atoms with E-state index in [0.29, 0.717) is 43.3 Å². The fourth-order valence-electron chi connectivity index (χ4n) is 4.39. The quantitative estimate of drug-likeness (QED) is 0.486. The molecular formula is C25H21N5O4. The van der Waals surface area contributed by atoms with Crippen molar-refractivity contribution in [3.63, 3.8) is 0 Å². The number of carbonyl (C=O) groups excluding carboxylic acids is 2. The number of nitrogens with zero attached hydrogens (tertiary/aromatic N) is 3. The van der Waals surface area contributed by atoms with Crippen LogP contribution in [0.5, 0.6) is 0 Å². The van der Waals surface area contributed by atoms with Crippen LogP contribution in [-0.2, 0) is 16.1 Å². The Morgan fingerprint density at radius 2 is 1.82 bits per heavy atom. The number of aromatic nitrogens is 3. The number of morpholine rings is 1. The Bertz CT molecular complexity index is 1410. The number of nitrogens with one attached hydrogen (secondary N) is 2. The van der Waals surface area contributed by atoms with Crippen molar-refractivity contribution in [1.29, 1.82) is 0 Å². The van der Waals surface area contributed by atoms with Crippen molar-refractivity contribution in [2.45, 2.75) is 6.61 Å². The van der Waals surface area contributed by atoms with Gasteiger partial charge in [0.2, 0.25) is 0 Å². The van der Waals surface area contributed by atoms with E-state index < -0.39 is 6.09 Å². The normalized spacial score (nSPS) is 15.5. The number of pyridine rings is 1. The lowest BCUT2D eigenvalue weighted by Crippen LogP contribution is -2.40. The average Bonchev–Trinajstić information content (AvgIpc) is 3.33. The molecular weight excluding hydrogens is 434 g/mol. The lowest BCUT2D eigenvalue weighted by molar-refractivity contribution is 0.0303. The molecule has 0 saturated carbocycles. The molecule has 4 heterocycles. The van der Waals surface area contributed by atoms with Crippen LogP contribution >= 0.6 is 0 Å². The molecule has 0 radical (unpaired) electrons. The smallest absolute Gasteiger partial charge is 0.411 e. The number of anilines is 1. The molecule has 4 aromatic rings. The fraction of sp³-hybridized carbons (Fsp3) is 0.200. The van der Waals surface area contributed by atoms with Crippen molar-refractivity contribution >= 4 is 28.9 Å². The Balaban J connectivity index is 1.34. The van der Waals surface area contributed by atoms with Gasteiger partial charge in [0.05, 0.1) is 24.4 Å². The van der Waals surface area contributed by atoms with E-state index >= 15 is 0 Å². The highest BCUT2D eigenvalue weighted by atomic mass is 16.5. The van der Waals surface area contributed by atoms with E-state index in [2.05, 4.69) is 20.3 Å². The number of benzene rings is 2. The topological polar surface area (TPSA) is 109 Å².